The normalized spacial score (nSPS) is 11.0. The molecule has 0 bridgehead atoms. The summed E-state index contributed by atoms with van der Waals surface area (Å²) in [6, 6.07) is 0. The quantitative estimate of drug-likeness (QED) is 0.789. The Morgan fingerprint density at radius 1 is 1.73 bits per heavy atom. The average molecular weight is 262 g/mol. The first-order valence-corrected chi connectivity index (χ1v) is 5.99. The Morgan fingerprint density at radius 2 is 2.45 bits per heavy atom. The largest absolute Gasteiger partial charge is 0.397 e. The van der Waals surface area contributed by atoms with Crippen LogP contribution in [0.2, 0.25) is 0 Å². The molecule has 11 heavy (non-hydrogen) atoms. The molecular weight excluding hydrogens is 251 g/mol. The highest BCUT2D eigenvalue weighted by molar-refractivity contribution is 14.2. The Balaban J connectivity index is 3.00. The highest BCUT2D eigenvalue weighted by Crippen LogP contribution is 2.18. The van der Waals surface area contributed by atoms with Crippen LogP contribution in [0.4, 0.5) is 5.69 Å². The highest BCUT2D eigenvalue weighted by Gasteiger charge is 1.98. The molecule has 0 saturated heterocycles. The van der Waals surface area contributed by atoms with Crippen LogP contribution in [0.1, 0.15) is 11.3 Å². The second kappa shape index (κ2) is 3.71. The summed E-state index contributed by atoms with van der Waals surface area (Å²) in [6.07, 6.45) is 3.86. The second-order valence-corrected chi connectivity index (χ2v) is 3.83. The Labute approximate surface area is 76.2 Å². The summed E-state index contributed by atoms with van der Waals surface area (Å²) in [5.74, 6) is 0. The molecule has 1 aromatic heterocycles. The Bertz CT molecular complexity index is 267. The van der Waals surface area contributed by atoms with E-state index in [-0.39, 0.29) is 20.7 Å². The lowest BCUT2D eigenvalue weighted by Crippen LogP contribution is -1.83. The van der Waals surface area contributed by atoms with Gasteiger partial charge in [0.25, 0.3) is 0 Å². The second-order valence-electron chi connectivity index (χ2n) is 2.23. The molecular formula is C8H11IN2. The maximum atomic E-state index is 5.69. The number of hydrogen-bond donors (Lipinski definition) is 2. The van der Waals surface area contributed by atoms with Crippen LogP contribution >= 0.6 is 20.7 Å². The van der Waals surface area contributed by atoms with Gasteiger partial charge in [-0.05, 0) is 17.1 Å². The lowest BCUT2D eigenvalue weighted by Gasteiger charge is -1.90. The number of rotatable bonds is 2. The van der Waals surface area contributed by atoms with E-state index in [2.05, 4.69) is 13.6 Å². The van der Waals surface area contributed by atoms with Crippen molar-refractivity contribution in [1.29, 1.82) is 0 Å². The van der Waals surface area contributed by atoms with E-state index in [4.69, 9.17) is 5.73 Å². The van der Waals surface area contributed by atoms with Crippen LogP contribution in [0.15, 0.2) is 10.3 Å². The minimum Gasteiger partial charge on any atom is -0.397 e. The van der Waals surface area contributed by atoms with E-state index in [1.54, 1.807) is 0 Å². The SMILES string of the molecule is C=I/C=C\c1c(N)c[nH]c1C. The van der Waals surface area contributed by atoms with E-state index in [1.165, 1.54) is 0 Å². The molecule has 0 aliphatic rings. The van der Waals surface area contributed by atoms with Crippen LogP contribution in [0.5, 0.6) is 0 Å². The molecule has 0 atom stereocenters. The molecule has 0 aromatic carbocycles. The number of H-pyrrole nitrogens is 1. The lowest BCUT2D eigenvalue weighted by atomic mass is 10.2. The molecule has 3 N–H and O–H groups in total. The average Bonchev–Trinajstić information content (AvgIpc) is 2.29. The first-order chi connectivity index (χ1) is 5.25. The molecule has 1 rings (SSSR count). The zero-order chi connectivity index (χ0) is 8.27. The van der Waals surface area contributed by atoms with Gasteiger partial charge in [0.1, 0.15) is 0 Å². The zero-order valence-electron chi connectivity index (χ0n) is 6.39. The minimum atomic E-state index is -0.0248. The number of aromatic nitrogens is 1. The standard InChI is InChI=1S/C8H11IN2/c1-6-7(3-4-9-2)8(10)5-11-6/h3-5,11H,2,10H2,1H3/b4-3-. The van der Waals surface area contributed by atoms with Gasteiger partial charge in [-0.1, -0.05) is 4.51 Å². The third-order valence-corrected chi connectivity index (χ3v) is 2.35. The molecule has 0 radical (unpaired) electrons. The maximum absolute atomic E-state index is 5.69. The summed E-state index contributed by atoms with van der Waals surface area (Å²) in [7, 11) is 0. The molecule has 0 fully saturated rings. The van der Waals surface area contributed by atoms with E-state index >= 15 is 0 Å². The van der Waals surface area contributed by atoms with Crippen LogP contribution in [0, 0.1) is 6.92 Å². The fourth-order valence-electron chi connectivity index (χ4n) is 0.887. The fraction of sp³-hybridized carbons (Fsp3) is 0.125. The van der Waals surface area contributed by atoms with Crippen molar-refractivity contribution in [2.75, 3.05) is 5.73 Å². The smallest absolute Gasteiger partial charge is 0.0568 e. The summed E-state index contributed by atoms with van der Waals surface area (Å²) in [4.78, 5) is 3.06. The first kappa shape index (κ1) is 8.52. The number of halogens is 1. The number of aryl methyl sites for hydroxylation is 1. The lowest BCUT2D eigenvalue weighted by molar-refractivity contribution is 1.26. The summed E-state index contributed by atoms with van der Waals surface area (Å²) < 4.78 is 5.92. The Kier molecular flexibility index (Phi) is 2.87. The molecule has 0 amide bonds. The Hall–Kier alpha value is -0.580. The molecule has 0 aliphatic carbocycles. The van der Waals surface area contributed by atoms with Gasteiger partial charge in [0.2, 0.25) is 0 Å². The highest BCUT2D eigenvalue weighted by atomic mass is 127. The van der Waals surface area contributed by atoms with Gasteiger partial charge in [-0.25, -0.2) is 0 Å². The van der Waals surface area contributed by atoms with Crippen molar-refractivity contribution < 1.29 is 0 Å². The molecule has 0 unspecified atom stereocenters. The van der Waals surface area contributed by atoms with Gasteiger partial charge in [0.15, 0.2) is 0 Å². The predicted molar refractivity (Wildman–Crippen MR) is 60.1 cm³/mol. The monoisotopic (exact) mass is 262 g/mol. The molecule has 0 saturated carbocycles. The van der Waals surface area contributed by atoms with Crippen LogP contribution < -0.4 is 5.73 Å². The third-order valence-electron chi connectivity index (χ3n) is 1.48. The van der Waals surface area contributed by atoms with Crippen molar-refractivity contribution in [2.45, 2.75) is 6.92 Å². The van der Waals surface area contributed by atoms with Gasteiger partial charge in [-0.2, -0.15) is 0 Å². The molecule has 3 heteroatoms. The Morgan fingerprint density at radius 3 is 2.91 bits per heavy atom. The van der Waals surface area contributed by atoms with Crippen molar-refractivity contribution in [3.8, 4) is 0 Å². The van der Waals surface area contributed by atoms with Gasteiger partial charge < -0.3 is 10.7 Å². The molecule has 1 aromatic rings. The fourth-order valence-corrected chi connectivity index (χ4v) is 1.50. The van der Waals surface area contributed by atoms with Crippen molar-refractivity contribution in [3.63, 3.8) is 0 Å². The van der Waals surface area contributed by atoms with Crippen molar-refractivity contribution in [1.82, 2.24) is 4.98 Å². The molecule has 0 aliphatic heterocycles. The van der Waals surface area contributed by atoms with E-state index in [0.717, 1.165) is 16.9 Å². The van der Waals surface area contributed by atoms with Gasteiger partial charge in [-0.15, -0.1) is 20.7 Å². The molecule has 1 heterocycles. The summed E-state index contributed by atoms with van der Waals surface area (Å²) in [6.45, 7) is 2.01. The van der Waals surface area contributed by atoms with Crippen LogP contribution in [0.3, 0.4) is 0 Å². The maximum Gasteiger partial charge on any atom is 0.0568 e. The number of hydrogen-bond acceptors (Lipinski definition) is 1. The van der Waals surface area contributed by atoms with Crippen molar-refractivity contribution in [3.05, 3.63) is 21.5 Å². The summed E-state index contributed by atoms with van der Waals surface area (Å²) >= 11 is -0.0248. The number of anilines is 1. The van der Waals surface area contributed by atoms with Crippen LogP contribution in [-0.4, -0.2) is 9.50 Å². The zero-order valence-corrected chi connectivity index (χ0v) is 8.55. The van der Waals surface area contributed by atoms with Gasteiger partial charge in [0.05, 0.1) is 5.69 Å². The number of aromatic amines is 1. The summed E-state index contributed by atoms with van der Waals surface area (Å²) in [5.41, 5.74) is 8.73. The van der Waals surface area contributed by atoms with E-state index < -0.39 is 0 Å². The first-order valence-electron chi connectivity index (χ1n) is 3.22. The topological polar surface area (TPSA) is 41.8 Å². The van der Waals surface area contributed by atoms with Crippen molar-refractivity contribution in [2.24, 2.45) is 0 Å². The molecule has 2 nitrogen and oxygen atoms in total. The van der Waals surface area contributed by atoms with E-state index in [9.17, 15) is 0 Å². The third kappa shape index (κ3) is 1.92. The van der Waals surface area contributed by atoms with Gasteiger partial charge >= 0.3 is 0 Å². The van der Waals surface area contributed by atoms with Crippen molar-refractivity contribution >= 4 is 37.0 Å². The molecule has 0 spiro atoms. The molecule has 60 valence electrons. The van der Waals surface area contributed by atoms with Gasteiger partial charge in [-0.3, -0.25) is 0 Å². The van der Waals surface area contributed by atoms with E-state index in [0.29, 0.717) is 0 Å². The predicted octanol–water partition coefficient (Wildman–Crippen LogP) is 2.28. The van der Waals surface area contributed by atoms with E-state index in [1.807, 2.05) is 19.2 Å². The van der Waals surface area contributed by atoms with Crippen LogP contribution in [0.25, 0.3) is 6.08 Å². The number of nitrogen functional groups attached to an aromatic ring is 1. The van der Waals surface area contributed by atoms with Crippen LogP contribution in [-0.2, 0) is 0 Å². The number of nitrogens with two attached hydrogens (primary N) is 1. The van der Waals surface area contributed by atoms with Gasteiger partial charge in [0, 0.05) is 17.5 Å². The summed E-state index contributed by atoms with van der Waals surface area (Å²) in [5, 5.41) is 0. The number of nitrogens with one attached hydrogen (secondary N) is 1. The minimum absolute atomic E-state index is 0.0248.